The minimum atomic E-state index is -3.71. The SMILES string of the molecule is CCN(C)S(=O)(=O)c1ccc(CNC)cc1F. The molecule has 1 N–H and O–H groups in total. The predicted octanol–water partition coefficient (Wildman–Crippen LogP) is 1.19. The zero-order valence-corrected chi connectivity index (χ0v) is 11.0. The third-order valence-electron chi connectivity index (χ3n) is 2.51. The number of nitrogens with zero attached hydrogens (tertiary/aromatic N) is 1. The summed E-state index contributed by atoms with van der Waals surface area (Å²) < 4.78 is 38.7. The highest BCUT2D eigenvalue weighted by Crippen LogP contribution is 2.19. The molecule has 0 aromatic heterocycles. The lowest BCUT2D eigenvalue weighted by Gasteiger charge is -2.15. The van der Waals surface area contributed by atoms with Crippen LogP contribution in [0, 0.1) is 5.82 Å². The largest absolute Gasteiger partial charge is 0.316 e. The van der Waals surface area contributed by atoms with Crippen molar-refractivity contribution in [3.63, 3.8) is 0 Å². The normalized spacial score (nSPS) is 12.1. The van der Waals surface area contributed by atoms with Crippen molar-refractivity contribution in [1.82, 2.24) is 9.62 Å². The topological polar surface area (TPSA) is 49.4 Å². The third-order valence-corrected chi connectivity index (χ3v) is 4.48. The summed E-state index contributed by atoms with van der Waals surface area (Å²) in [7, 11) is -0.543. The Morgan fingerprint density at radius 2 is 2.06 bits per heavy atom. The Labute approximate surface area is 101 Å². The van der Waals surface area contributed by atoms with Gasteiger partial charge in [0.2, 0.25) is 10.0 Å². The third kappa shape index (κ3) is 3.02. The lowest BCUT2D eigenvalue weighted by molar-refractivity contribution is 0.477. The van der Waals surface area contributed by atoms with E-state index in [1.54, 1.807) is 20.0 Å². The first-order valence-corrected chi connectivity index (χ1v) is 6.76. The lowest BCUT2D eigenvalue weighted by atomic mass is 10.2. The number of sulfonamides is 1. The van der Waals surface area contributed by atoms with Crippen LogP contribution in [0.2, 0.25) is 0 Å². The molecule has 6 heteroatoms. The first-order chi connectivity index (χ1) is 7.93. The standard InChI is InChI=1S/C11H17FN2O2S/c1-4-14(3)17(15,16)11-6-5-9(8-13-2)7-10(11)12/h5-7,13H,4,8H2,1-3H3. The van der Waals surface area contributed by atoms with E-state index in [1.807, 2.05) is 0 Å². The van der Waals surface area contributed by atoms with Crippen LogP contribution in [0.1, 0.15) is 12.5 Å². The minimum Gasteiger partial charge on any atom is -0.316 e. The van der Waals surface area contributed by atoms with E-state index >= 15 is 0 Å². The maximum atomic E-state index is 13.7. The van der Waals surface area contributed by atoms with Crippen molar-refractivity contribution in [3.8, 4) is 0 Å². The molecule has 0 unspecified atom stereocenters. The highest BCUT2D eigenvalue weighted by Gasteiger charge is 2.23. The Kier molecular flexibility index (Phi) is 4.62. The summed E-state index contributed by atoms with van der Waals surface area (Å²) in [5.41, 5.74) is 0.711. The van der Waals surface area contributed by atoms with Gasteiger partial charge < -0.3 is 5.32 Å². The highest BCUT2D eigenvalue weighted by atomic mass is 32.2. The van der Waals surface area contributed by atoms with Crippen molar-refractivity contribution >= 4 is 10.0 Å². The van der Waals surface area contributed by atoms with Crippen molar-refractivity contribution in [3.05, 3.63) is 29.6 Å². The maximum absolute atomic E-state index is 13.7. The lowest BCUT2D eigenvalue weighted by Crippen LogP contribution is -2.27. The van der Waals surface area contributed by atoms with Crippen LogP contribution in [0.3, 0.4) is 0 Å². The second kappa shape index (κ2) is 5.57. The molecule has 0 aliphatic carbocycles. The van der Waals surface area contributed by atoms with Crippen LogP contribution in [0.15, 0.2) is 23.1 Å². The molecular formula is C11H17FN2O2S. The van der Waals surface area contributed by atoms with Crippen LogP contribution in [-0.2, 0) is 16.6 Å². The molecule has 0 bridgehead atoms. The van der Waals surface area contributed by atoms with E-state index in [1.165, 1.54) is 19.2 Å². The van der Waals surface area contributed by atoms with Crippen LogP contribution in [0.5, 0.6) is 0 Å². The fourth-order valence-electron chi connectivity index (χ4n) is 1.41. The monoisotopic (exact) mass is 260 g/mol. The molecule has 0 atom stereocenters. The van der Waals surface area contributed by atoms with E-state index in [4.69, 9.17) is 0 Å². The van der Waals surface area contributed by atoms with Gasteiger partial charge in [0.05, 0.1) is 0 Å². The fraction of sp³-hybridized carbons (Fsp3) is 0.455. The summed E-state index contributed by atoms with van der Waals surface area (Å²) in [6, 6.07) is 4.16. The van der Waals surface area contributed by atoms with Crippen molar-refractivity contribution in [1.29, 1.82) is 0 Å². The number of hydrogen-bond donors (Lipinski definition) is 1. The van der Waals surface area contributed by atoms with Gasteiger partial charge in [0.15, 0.2) is 0 Å². The molecule has 0 heterocycles. The van der Waals surface area contributed by atoms with Gasteiger partial charge in [0.1, 0.15) is 10.7 Å². The minimum absolute atomic E-state index is 0.276. The Hall–Kier alpha value is -0.980. The molecule has 0 aliphatic heterocycles. The van der Waals surface area contributed by atoms with E-state index in [0.29, 0.717) is 18.7 Å². The van der Waals surface area contributed by atoms with Crippen molar-refractivity contribution in [2.45, 2.75) is 18.4 Å². The predicted molar refractivity (Wildman–Crippen MR) is 64.7 cm³/mol. The molecule has 4 nitrogen and oxygen atoms in total. The zero-order valence-electron chi connectivity index (χ0n) is 10.2. The van der Waals surface area contributed by atoms with E-state index < -0.39 is 15.8 Å². The zero-order chi connectivity index (χ0) is 13.1. The number of halogens is 1. The second-order valence-corrected chi connectivity index (χ2v) is 5.73. The highest BCUT2D eigenvalue weighted by molar-refractivity contribution is 7.89. The molecule has 1 aromatic rings. The van der Waals surface area contributed by atoms with Crippen LogP contribution in [-0.4, -0.2) is 33.4 Å². The first kappa shape index (κ1) is 14.1. The van der Waals surface area contributed by atoms with Gasteiger partial charge in [-0.25, -0.2) is 17.1 Å². The summed E-state index contributed by atoms with van der Waals surface area (Å²) in [6.45, 7) is 2.51. The molecule has 17 heavy (non-hydrogen) atoms. The summed E-state index contributed by atoms with van der Waals surface area (Å²) >= 11 is 0. The van der Waals surface area contributed by atoms with Gasteiger partial charge in [0, 0.05) is 20.1 Å². The fourth-order valence-corrected chi connectivity index (χ4v) is 2.63. The first-order valence-electron chi connectivity index (χ1n) is 5.32. The smallest absolute Gasteiger partial charge is 0.245 e. The van der Waals surface area contributed by atoms with Gasteiger partial charge in [0.25, 0.3) is 0 Å². The Morgan fingerprint density at radius 1 is 1.41 bits per heavy atom. The Morgan fingerprint density at radius 3 is 2.53 bits per heavy atom. The van der Waals surface area contributed by atoms with Gasteiger partial charge in [-0.05, 0) is 24.7 Å². The van der Waals surface area contributed by atoms with Crippen LogP contribution < -0.4 is 5.32 Å². The Bertz CT molecular complexity index is 488. The van der Waals surface area contributed by atoms with E-state index in [9.17, 15) is 12.8 Å². The summed E-state index contributed by atoms with van der Waals surface area (Å²) in [5.74, 6) is -0.710. The maximum Gasteiger partial charge on any atom is 0.245 e. The molecule has 0 fully saturated rings. The molecule has 1 rings (SSSR count). The van der Waals surface area contributed by atoms with Crippen LogP contribution in [0.25, 0.3) is 0 Å². The number of nitrogens with one attached hydrogen (secondary N) is 1. The molecule has 0 radical (unpaired) electrons. The van der Waals surface area contributed by atoms with Crippen molar-refractivity contribution < 1.29 is 12.8 Å². The van der Waals surface area contributed by atoms with Gasteiger partial charge in [-0.15, -0.1) is 0 Å². The summed E-state index contributed by atoms with van der Waals surface area (Å²) in [4.78, 5) is -0.276. The molecule has 0 amide bonds. The van der Waals surface area contributed by atoms with Crippen molar-refractivity contribution in [2.24, 2.45) is 0 Å². The van der Waals surface area contributed by atoms with E-state index in [2.05, 4.69) is 5.32 Å². The van der Waals surface area contributed by atoms with Gasteiger partial charge in [-0.2, -0.15) is 0 Å². The number of benzene rings is 1. The summed E-state index contributed by atoms with van der Waals surface area (Å²) in [5, 5.41) is 2.88. The van der Waals surface area contributed by atoms with E-state index in [-0.39, 0.29) is 4.90 Å². The quantitative estimate of drug-likeness (QED) is 0.865. The number of rotatable bonds is 5. The average molecular weight is 260 g/mol. The number of hydrogen-bond acceptors (Lipinski definition) is 3. The van der Waals surface area contributed by atoms with Crippen LogP contribution in [0.4, 0.5) is 4.39 Å². The Balaban J connectivity index is 3.16. The van der Waals surface area contributed by atoms with Gasteiger partial charge >= 0.3 is 0 Å². The second-order valence-electron chi connectivity index (χ2n) is 3.71. The van der Waals surface area contributed by atoms with E-state index in [0.717, 1.165) is 4.31 Å². The molecule has 0 spiro atoms. The molecule has 0 saturated carbocycles. The molecule has 0 aliphatic rings. The molecule has 96 valence electrons. The van der Waals surface area contributed by atoms with Gasteiger partial charge in [-0.1, -0.05) is 13.0 Å². The molecular weight excluding hydrogens is 243 g/mol. The molecule has 0 saturated heterocycles. The van der Waals surface area contributed by atoms with Crippen molar-refractivity contribution in [2.75, 3.05) is 20.6 Å². The van der Waals surface area contributed by atoms with Gasteiger partial charge in [-0.3, -0.25) is 0 Å². The summed E-state index contributed by atoms with van der Waals surface area (Å²) in [6.07, 6.45) is 0. The average Bonchev–Trinajstić information content (AvgIpc) is 2.28. The van der Waals surface area contributed by atoms with Crippen LogP contribution >= 0.6 is 0 Å². The molecule has 1 aromatic carbocycles.